The molecular formula is C42H77N2O6P. The fourth-order valence-electron chi connectivity index (χ4n) is 5.26. The zero-order valence-electron chi connectivity index (χ0n) is 33.3. The van der Waals surface area contributed by atoms with Gasteiger partial charge in [-0.2, -0.15) is 0 Å². The van der Waals surface area contributed by atoms with Gasteiger partial charge in [-0.15, -0.1) is 0 Å². The normalized spacial score (nSPS) is 15.2. The average Bonchev–Trinajstić information content (AvgIpc) is 3.07. The molecule has 2 N–H and O–H groups in total. The van der Waals surface area contributed by atoms with Gasteiger partial charge in [0, 0.05) is 6.42 Å². The van der Waals surface area contributed by atoms with E-state index in [2.05, 4.69) is 67.8 Å². The fraction of sp³-hybridized carbons (Fsp3) is 0.738. The standard InChI is InChI=1S/C42H77N2O6P/c1-6-8-10-12-14-16-17-18-19-20-21-22-23-24-25-26-27-28-30-32-34-36-42(46)43-40(39-50-51(47,48)49-38-37-44(3,4)5)41(45)35-33-31-29-15-13-11-9-7-2/h8,10,14,16,18-19,21-22,33,35,40-41,45H,6-7,9,11-13,15,17,20,23-32,34,36-39H2,1-5H3,(H-,43,46,47,48)/b10-8-,16-14-,19-18-,22-21-,35-33+. The van der Waals surface area contributed by atoms with Gasteiger partial charge in [-0.05, 0) is 57.8 Å². The number of aliphatic hydroxyl groups excluding tert-OH is 1. The number of phosphoric ester groups is 1. The first kappa shape index (κ1) is 49.2. The van der Waals surface area contributed by atoms with Crippen molar-refractivity contribution in [3.8, 4) is 0 Å². The summed E-state index contributed by atoms with van der Waals surface area (Å²) in [5.74, 6) is -0.213. The van der Waals surface area contributed by atoms with Crippen LogP contribution in [0.3, 0.4) is 0 Å². The van der Waals surface area contributed by atoms with Crippen molar-refractivity contribution in [1.82, 2.24) is 5.32 Å². The van der Waals surface area contributed by atoms with E-state index in [1.807, 2.05) is 27.2 Å². The van der Waals surface area contributed by atoms with E-state index < -0.39 is 20.0 Å². The maximum atomic E-state index is 12.8. The summed E-state index contributed by atoms with van der Waals surface area (Å²) in [6.45, 7) is 4.45. The monoisotopic (exact) mass is 737 g/mol. The minimum absolute atomic E-state index is 0.00591. The van der Waals surface area contributed by atoms with Gasteiger partial charge >= 0.3 is 0 Å². The minimum Gasteiger partial charge on any atom is -0.756 e. The maximum Gasteiger partial charge on any atom is 0.268 e. The van der Waals surface area contributed by atoms with Crippen LogP contribution in [0.25, 0.3) is 0 Å². The molecule has 0 aliphatic carbocycles. The molecule has 1 amide bonds. The Morgan fingerprint density at radius 2 is 1.20 bits per heavy atom. The van der Waals surface area contributed by atoms with Crippen LogP contribution in [0.4, 0.5) is 0 Å². The zero-order valence-corrected chi connectivity index (χ0v) is 34.2. The van der Waals surface area contributed by atoms with Crippen LogP contribution in [0.2, 0.25) is 0 Å². The van der Waals surface area contributed by atoms with E-state index in [0.29, 0.717) is 17.4 Å². The quantitative estimate of drug-likeness (QED) is 0.0290. The molecule has 51 heavy (non-hydrogen) atoms. The second-order valence-corrected chi connectivity index (χ2v) is 16.0. The number of likely N-dealkylation sites (N-methyl/N-ethyl adjacent to an activating group) is 1. The topological polar surface area (TPSA) is 108 Å². The second-order valence-electron chi connectivity index (χ2n) is 14.6. The molecular weight excluding hydrogens is 659 g/mol. The summed E-state index contributed by atoms with van der Waals surface area (Å²) in [5, 5.41) is 13.6. The molecule has 0 saturated carbocycles. The van der Waals surface area contributed by atoms with Gasteiger partial charge in [-0.1, -0.05) is 145 Å². The van der Waals surface area contributed by atoms with Crippen LogP contribution >= 0.6 is 7.82 Å². The maximum absolute atomic E-state index is 12.8. The molecule has 9 heteroatoms. The summed E-state index contributed by atoms with van der Waals surface area (Å²) in [6, 6.07) is -0.890. The first-order valence-corrected chi connectivity index (χ1v) is 21.6. The first-order chi connectivity index (χ1) is 24.5. The second kappa shape index (κ2) is 34.0. The molecule has 3 unspecified atom stereocenters. The van der Waals surface area contributed by atoms with Crippen LogP contribution in [0, 0.1) is 0 Å². The molecule has 3 atom stereocenters. The molecule has 0 fully saturated rings. The highest BCUT2D eigenvalue weighted by atomic mass is 31.2. The Kier molecular flexibility index (Phi) is 32.8. The van der Waals surface area contributed by atoms with E-state index >= 15 is 0 Å². The molecule has 0 bridgehead atoms. The Hall–Kier alpha value is -1.80. The van der Waals surface area contributed by atoms with Gasteiger partial charge in [-0.3, -0.25) is 9.36 Å². The van der Waals surface area contributed by atoms with Gasteiger partial charge < -0.3 is 28.8 Å². The number of hydrogen-bond acceptors (Lipinski definition) is 6. The number of nitrogens with one attached hydrogen (secondary N) is 1. The average molecular weight is 737 g/mol. The number of rotatable bonds is 35. The molecule has 296 valence electrons. The smallest absolute Gasteiger partial charge is 0.268 e. The minimum atomic E-state index is -4.58. The van der Waals surface area contributed by atoms with E-state index in [1.54, 1.807) is 6.08 Å². The van der Waals surface area contributed by atoms with Crippen molar-refractivity contribution in [1.29, 1.82) is 0 Å². The Labute approximate surface area is 313 Å². The number of unbranched alkanes of at least 4 members (excludes halogenated alkanes) is 14. The molecule has 0 saturated heterocycles. The largest absolute Gasteiger partial charge is 0.756 e. The number of phosphoric acid groups is 1. The summed E-state index contributed by atoms with van der Waals surface area (Å²) in [5.41, 5.74) is 0. The predicted molar refractivity (Wildman–Crippen MR) is 214 cm³/mol. The van der Waals surface area contributed by atoms with Crippen molar-refractivity contribution in [2.45, 2.75) is 161 Å². The van der Waals surface area contributed by atoms with Crippen LogP contribution in [-0.2, 0) is 18.4 Å². The third-order valence-electron chi connectivity index (χ3n) is 8.48. The number of aliphatic hydroxyl groups is 1. The van der Waals surface area contributed by atoms with Gasteiger partial charge in [0.05, 0.1) is 39.9 Å². The number of carbonyl (C=O) groups is 1. The van der Waals surface area contributed by atoms with Crippen molar-refractivity contribution in [3.63, 3.8) is 0 Å². The van der Waals surface area contributed by atoms with Crippen LogP contribution in [0.15, 0.2) is 60.8 Å². The zero-order chi connectivity index (χ0) is 37.9. The fourth-order valence-corrected chi connectivity index (χ4v) is 5.98. The van der Waals surface area contributed by atoms with Crippen LogP contribution in [0.1, 0.15) is 149 Å². The van der Waals surface area contributed by atoms with E-state index in [4.69, 9.17) is 9.05 Å². The van der Waals surface area contributed by atoms with Gasteiger partial charge in [0.1, 0.15) is 13.2 Å². The highest BCUT2D eigenvalue weighted by molar-refractivity contribution is 7.45. The Morgan fingerprint density at radius 3 is 1.75 bits per heavy atom. The van der Waals surface area contributed by atoms with Crippen molar-refractivity contribution < 1.29 is 32.9 Å². The Bertz CT molecular complexity index is 1020. The highest BCUT2D eigenvalue weighted by Crippen LogP contribution is 2.38. The van der Waals surface area contributed by atoms with Gasteiger partial charge in [0.15, 0.2) is 0 Å². The number of allylic oxidation sites excluding steroid dienone is 9. The molecule has 0 radical (unpaired) electrons. The molecule has 0 aromatic heterocycles. The molecule has 0 aromatic rings. The molecule has 0 heterocycles. The highest BCUT2D eigenvalue weighted by Gasteiger charge is 2.23. The predicted octanol–water partition coefficient (Wildman–Crippen LogP) is 10.1. The molecule has 0 aliphatic heterocycles. The SMILES string of the molecule is CC/C=C\C/C=C\C/C=C\C/C=C\CCCCCCCCCCC(=O)NC(COP(=O)([O-])OCC[N+](C)(C)C)C(O)/C=C/CCCCCCCC. The number of amides is 1. The summed E-state index contributed by atoms with van der Waals surface area (Å²) in [4.78, 5) is 25.1. The number of nitrogens with zero attached hydrogens (tertiary/aromatic N) is 1. The van der Waals surface area contributed by atoms with E-state index in [0.717, 1.165) is 77.0 Å². The Morgan fingerprint density at radius 1 is 0.706 bits per heavy atom. The van der Waals surface area contributed by atoms with Gasteiger partial charge in [-0.25, -0.2) is 0 Å². The summed E-state index contributed by atoms with van der Waals surface area (Å²) < 4.78 is 23.0. The Balaban J connectivity index is 4.33. The van der Waals surface area contributed by atoms with Gasteiger partial charge in [0.25, 0.3) is 7.82 Å². The van der Waals surface area contributed by atoms with Crippen molar-refractivity contribution in [3.05, 3.63) is 60.8 Å². The van der Waals surface area contributed by atoms with E-state index in [-0.39, 0.29) is 19.1 Å². The third kappa shape index (κ3) is 36.4. The lowest BCUT2D eigenvalue weighted by molar-refractivity contribution is -0.870. The molecule has 8 nitrogen and oxygen atoms in total. The van der Waals surface area contributed by atoms with Gasteiger partial charge in [0.2, 0.25) is 5.91 Å². The number of carbonyl (C=O) groups excluding carboxylic acids is 1. The van der Waals surface area contributed by atoms with E-state index in [9.17, 15) is 19.4 Å². The summed E-state index contributed by atoms with van der Waals surface area (Å²) in [7, 11) is 1.24. The molecule has 0 spiro atoms. The lowest BCUT2D eigenvalue weighted by Gasteiger charge is -2.29. The summed E-state index contributed by atoms with van der Waals surface area (Å²) >= 11 is 0. The molecule has 0 aromatic carbocycles. The summed E-state index contributed by atoms with van der Waals surface area (Å²) in [6.07, 6.45) is 42.7. The number of hydrogen-bond donors (Lipinski definition) is 2. The van der Waals surface area contributed by atoms with Crippen LogP contribution in [0.5, 0.6) is 0 Å². The van der Waals surface area contributed by atoms with Crippen molar-refractivity contribution in [2.75, 3.05) is 40.9 Å². The molecule has 0 rings (SSSR count). The first-order valence-electron chi connectivity index (χ1n) is 20.2. The van der Waals surface area contributed by atoms with Crippen molar-refractivity contribution in [2.24, 2.45) is 0 Å². The van der Waals surface area contributed by atoms with Crippen LogP contribution in [-0.4, -0.2) is 68.5 Å². The van der Waals surface area contributed by atoms with Crippen molar-refractivity contribution >= 4 is 13.7 Å². The third-order valence-corrected chi connectivity index (χ3v) is 9.45. The lowest BCUT2D eigenvalue weighted by atomic mass is 10.1. The van der Waals surface area contributed by atoms with Crippen LogP contribution < -0.4 is 10.2 Å². The number of quaternary nitrogens is 1. The van der Waals surface area contributed by atoms with E-state index in [1.165, 1.54) is 51.4 Å². The lowest BCUT2D eigenvalue weighted by Crippen LogP contribution is -2.45. The molecule has 0 aliphatic rings.